The maximum Gasteiger partial charge on any atom is 0.240 e. The van der Waals surface area contributed by atoms with Crippen LogP contribution in [0.2, 0.25) is 0 Å². The third-order valence-electron chi connectivity index (χ3n) is 4.94. The van der Waals surface area contributed by atoms with Gasteiger partial charge in [0, 0.05) is 18.2 Å². The highest BCUT2D eigenvalue weighted by Gasteiger charge is 2.21. The molecule has 1 aromatic carbocycles. The maximum absolute atomic E-state index is 12.5. The fraction of sp³-hybridized carbons (Fsp3) is 0.550. The van der Waals surface area contributed by atoms with E-state index in [2.05, 4.69) is 25.2 Å². The number of hydrogen-bond acceptors (Lipinski definition) is 6. The summed E-state index contributed by atoms with van der Waals surface area (Å²) in [6.45, 7) is 5.31. The number of nitrogens with one attached hydrogen (secondary N) is 3. The quantitative estimate of drug-likeness (QED) is 0.504. The zero-order valence-corrected chi connectivity index (χ0v) is 19.1. The summed E-state index contributed by atoms with van der Waals surface area (Å²) < 4.78 is 26.9. The Morgan fingerprint density at radius 3 is 2.50 bits per heavy atom. The molecule has 1 aliphatic carbocycles. The van der Waals surface area contributed by atoms with Gasteiger partial charge >= 0.3 is 0 Å². The van der Waals surface area contributed by atoms with E-state index in [4.69, 9.17) is 0 Å². The van der Waals surface area contributed by atoms with Gasteiger partial charge in [0.25, 0.3) is 0 Å². The van der Waals surface area contributed by atoms with Crippen LogP contribution in [0.4, 0.5) is 5.69 Å². The molecule has 0 aliphatic heterocycles. The first kappa shape index (κ1) is 22.8. The van der Waals surface area contributed by atoms with Crippen molar-refractivity contribution in [3.63, 3.8) is 0 Å². The van der Waals surface area contributed by atoms with Crippen LogP contribution in [0.25, 0.3) is 0 Å². The van der Waals surface area contributed by atoms with Crippen molar-refractivity contribution >= 4 is 33.4 Å². The highest BCUT2D eigenvalue weighted by molar-refractivity contribution is 8.00. The Morgan fingerprint density at radius 1 is 1.20 bits per heavy atom. The van der Waals surface area contributed by atoms with Gasteiger partial charge in [-0.3, -0.25) is 9.89 Å². The standard InChI is InChI=1S/C20H29N5O3S2/c1-13(2)25-30(27,28)17-10-8-16(9-11-17)21-19(26)14(3)29-20-22-18(23-24-20)12-15-6-4-5-7-15/h8-11,13-15,25H,4-7,12H2,1-3H3,(H,21,26)(H,22,23,24). The van der Waals surface area contributed by atoms with Crippen molar-refractivity contribution in [1.82, 2.24) is 19.9 Å². The zero-order chi connectivity index (χ0) is 21.7. The molecule has 3 rings (SSSR count). The Hall–Kier alpha value is -1.91. The van der Waals surface area contributed by atoms with E-state index < -0.39 is 15.3 Å². The Bertz CT molecular complexity index is 951. The summed E-state index contributed by atoms with van der Waals surface area (Å²) in [5.74, 6) is 1.36. The minimum atomic E-state index is -3.56. The number of carbonyl (C=O) groups is 1. The highest BCUT2D eigenvalue weighted by Crippen LogP contribution is 2.28. The van der Waals surface area contributed by atoms with Gasteiger partial charge in [-0.2, -0.15) is 0 Å². The largest absolute Gasteiger partial charge is 0.325 e. The molecule has 10 heteroatoms. The van der Waals surface area contributed by atoms with Crippen LogP contribution in [0.3, 0.4) is 0 Å². The molecule has 30 heavy (non-hydrogen) atoms. The molecule has 2 aromatic rings. The Kier molecular flexibility index (Phi) is 7.54. The van der Waals surface area contributed by atoms with E-state index in [1.54, 1.807) is 32.9 Å². The normalized spacial score (nSPS) is 16.1. The summed E-state index contributed by atoms with van der Waals surface area (Å²) in [7, 11) is -3.56. The van der Waals surface area contributed by atoms with E-state index in [1.165, 1.54) is 49.6 Å². The molecule has 0 spiro atoms. The number of anilines is 1. The highest BCUT2D eigenvalue weighted by atomic mass is 32.2. The first-order valence-electron chi connectivity index (χ1n) is 10.2. The zero-order valence-electron chi connectivity index (χ0n) is 17.5. The molecular formula is C20H29N5O3S2. The van der Waals surface area contributed by atoms with E-state index in [0.717, 1.165) is 12.2 Å². The number of rotatable bonds is 9. The smallest absolute Gasteiger partial charge is 0.240 e. The first-order chi connectivity index (χ1) is 14.2. The number of nitrogens with zero attached hydrogens (tertiary/aromatic N) is 2. The molecule has 164 valence electrons. The van der Waals surface area contributed by atoms with Gasteiger partial charge in [0.15, 0.2) is 0 Å². The van der Waals surface area contributed by atoms with Gasteiger partial charge in [0.1, 0.15) is 5.82 Å². The molecule has 1 saturated carbocycles. The topological polar surface area (TPSA) is 117 Å². The van der Waals surface area contributed by atoms with Crippen LogP contribution in [0.1, 0.15) is 52.3 Å². The van der Waals surface area contributed by atoms with Crippen molar-refractivity contribution in [1.29, 1.82) is 0 Å². The third kappa shape index (κ3) is 6.29. The van der Waals surface area contributed by atoms with Crippen LogP contribution in [0, 0.1) is 5.92 Å². The van der Waals surface area contributed by atoms with Gasteiger partial charge in [-0.05, 0) is 51.0 Å². The van der Waals surface area contributed by atoms with E-state index in [0.29, 0.717) is 16.8 Å². The van der Waals surface area contributed by atoms with Crippen LogP contribution in [-0.4, -0.2) is 40.8 Å². The molecule has 1 aliphatic rings. The number of aromatic nitrogens is 3. The van der Waals surface area contributed by atoms with Crippen LogP contribution < -0.4 is 10.0 Å². The molecule has 0 radical (unpaired) electrons. The fourth-order valence-corrected chi connectivity index (χ4v) is 5.46. The van der Waals surface area contributed by atoms with Gasteiger partial charge in [-0.15, -0.1) is 5.10 Å². The van der Waals surface area contributed by atoms with Crippen molar-refractivity contribution in [2.45, 2.75) is 74.2 Å². The van der Waals surface area contributed by atoms with E-state index in [9.17, 15) is 13.2 Å². The number of amides is 1. The van der Waals surface area contributed by atoms with Crippen LogP contribution >= 0.6 is 11.8 Å². The summed E-state index contributed by atoms with van der Waals surface area (Å²) >= 11 is 1.29. The van der Waals surface area contributed by atoms with Gasteiger partial charge in [0.2, 0.25) is 21.1 Å². The van der Waals surface area contributed by atoms with Crippen molar-refractivity contribution in [3.05, 3.63) is 30.1 Å². The SMILES string of the molecule is CC(C)NS(=O)(=O)c1ccc(NC(=O)C(C)Sc2n[nH]c(CC3CCCC3)n2)cc1. The minimum Gasteiger partial charge on any atom is -0.325 e. The molecule has 1 amide bonds. The molecule has 0 saturated heterocycles. The molecule has 8 nitrogen and oxygen atoms in total. The molecule has 0 bridgehead atoms. The second kappa shape index (κ2) is 9.93. The van der Waals surface area contributed by atoms with Gasteiger partial charge in [-0.1, -0.05) is 37.4 Å². The monoisotopic (exact) mass is 451 g/mol. The third-order valence-corrected chi connectivity index (χ3v) is 7.58. The van der Waals surface area contributed by atoms with E-state index in [1.807, 2.05) is 0 Å². The molecule has 1 unspecified atom stereocenters. The summed E-state index contributed by atoms with van der Waals surface area (Å²) in [5.41, 5.74) is 0.535. The Morgan fingerprint density at radius 2 is 1.87 bits per heavy atom. The van der Waals surface area contributed by atoms with Gasteiger partial charge in [0.05, 0.1) is 10.1 Å². The summed E-state index contributed by atoms with van der Waals surface area (Å²) in [5, 5.41) is 10.2. The number of aromatic amines is 1. The molecular weight excluding hydrogens is 422 g/mol. The number of thioether (sulfide) groups is 1. The minimum absolute atomic E-state index is 0.159. The second-order valence-corrected chi connectivity index (χ2v) is 11.0. The van der Waals surface area contributed by atoms with Crippen molar-refractivity contribution in [2.75, 3.05) is 5.32 Å². The summed E-state index contributed by atoms with van der Waals surface area (Å²) in [6.07, 6.45) is 5.98. The predicted molar refractivity (Wildman–Crippen MR) is 118 cm³/mol. The number of benzene rings is 1. The molecule has 3 N–H and O–H groups in total. The Labute approximate surface area is 182 Å². The predicted octanol–water partition coefficient (Wildman–Crippen LogP) is 3.34. The van der Waals surface area contributed by atoms with Gasteiger partial charge in [-0.25, -0.2) is 18.1 Å². The first-order valence-corrected chi connectivity index (χ1v) is 12.6. The van der Waals surface area contributed by atoms with Crippen LogP contribution in [-0.2, 0) is 21.2 Å². The molecule has 1 heterocycles. The van der Waals surface area contributed by atoms with Gasteiger partial charge < -0.3 is 5.32 Å². The number of carbonyl (C=O) groups excluding carboxylic acids is 1. The maximum atomic E-state index is 12.5. The average Bonchev–Trinajstić information content (AvgIpc) is 3.33. The average molecular weight is 452 g/mol. The lowest BCUT2D eigenvalue weighted by Gasteiger charge is -2.12. The summed E-state index contributed by atoms with van der Waals surface area (Å²) in [6, 6.07) is 5.92. The van der Waals surface area contributed by atoms with Crippen molar-refractivity contribution in [3.8, 4) is 0 Å². The lowest BCUT2D eigenvalue weighted by Crippen LogP contribution is -2.30. The number of H-pyrrole nitrogens is 1. The fourth-order valence-electron chi connectivity index (χ4n) is 3.46. The van der Waals surface area contributed by atoms with Crippen LogP contribution in [0.15, 0.2) is 34.3 Å². The molecule has 1 aromatic heterocycles. The van der Waals surface area contributed by atoms with E-state index in [-0.39, 0.29) is 16.8 Å². The Balaban J connectivity index is 1.53. The van der Waals surface area contributed by atoms with Crippen molar-refractivity contribution < 1.29 is 13.2 Å². The molecule has 1 fully saturated rings. The summed E-state index contributed by atoms with van der Waals surface area (Å²) in [4.78, 5) is 17.2. The second-order valence-electron chi connectivity index (χ2n) is 7.97. The van der Waals surface area contributed by atoms with E-state index >= 15 is 0 Å². The molecule has 1 atom stereocenters. The lowest BCUT2D eigenvalue weighted by atomic mass is 10.0. The van der Waals surface area contributed by atoms with Crippen LogP contribution in [0.5, 0.6) is 0 Å². The lowest BCUT2D eigenvalue weighted by molar-refractivity contribution is -0.115. The number of hydrogen-bond donors (Lipinski definition) is 3. The number of sulfonamides is 1. The van der Waals surface area contributed by atoms with Crippen molar-refractivity contribution in [2.24, 2.45) is 5.92 Å².